The fourth-order valence-electron chi connectivity index (χ4n) is 2.72. The Kier molecular flexibility index (Phi) is 5.42. The zero-order valence-corrected chi connectivity index (χ0v) is 13.3. The van der Waals surface area contributed by atoms with Crippen LogP contribution in [0.2, 0.25) is 0 Å². The summed E-state index contributed by atoms with van der Waals surface area (Å²) >= 11 is 0. The molecule has 1 N–H and O–H groups in total. The molecule has 3 rings (SSSR count). The molecule has 2 aliphatic rings. The lowest BCUT2D eigenvalue weighted by atomic mass is 10.4. The molecule has 3 heterocycles. The first-order chi connectivity index (χ1) is 10.8. The van der Waals surface area contributed by atoms with E-state index in [-0.39, 0.29) is 0 Å². The molecule has 0 aliphatic carbocycles. The van der Waals surface area contributed by atoms with E-state index in [1.165, 1.54) is 0 Å². The second-order valence-corrected chi connectivity index (χ2v) is 5.67. The molecular weight excluding hydrogens is 282 g/mol. The third-order valence-corrected chi connectivity index (χ3v) is 3.97. The van der Waals surface area contributed by atoms with Gasteiger partial charge in [0.05, 0.1) is 26.4 Å². The van der Waals surface area contributed by atoms with Crippen molar-refractivity contribution in [2.45, 2.75) is 6.92 Å². The molecule has 0 saturated carbocycles. The highest BCUT2D eigenvalue weighted by Gasteiger charge is 2.15. The van der Waals surface area contributed by atoms with Crippen LogP contribution in [0.25, 0.3) is 0 Å². The van der Waals surface area contributed by atoms with Crippen LogP contribution in [-0.4, -0.2) is 80.6 Å². The smallest absolute Gasteiger partial charge is 0.227 e. The van der Waals surface area contributed by atoms with E-state index in [0.717, 1.165) is 83.2 Å². The Balaban J connectivity index is 1.54. The van der Waals surface area contributed by atoms with Crippen molar-refractivity contribution in [3.8, 4) is 0 Å². The van der Waals surface area contributed by atoms with Gasteiger partial charge >= 0.3 is 0 Å². The van der Waals surface area contributed by atoms with E-state index in [9.17, 15) is 0 Å². The van der Waals surface area contributed by atoms with Gasteiger partial charge in [-0.3, -0.25) is 4.90 Å². The van der Waals surface area contributed by atoms with Gasteiger partial charge in [0, 0.05) is 51.0 Å². The first-order valence-corrected chi connectivity index (χ1v) is 8.03. The van der Waals surface area contributed by atoms with E-state index in [2.05, 4.69) is 25.1 Å². The summed E-state index contributed by atoms with van der Waals surface area (Å²) in [5.74, 6) is 1.71. The van der Waals surface area contributed by atoms with Gasteiger partial charge in [-0.15, -0.1) is 0 Å². The van der Waals surface area contributed by atoms with Crippen LogP contribution >= 0.6 is 0 Å². The Hall–Kier alpha value is -1.44. The first kappa shape index (κ1) is 15.5. The summed E-state index contributed by atoms with van der Waals surface area (Å²) in [5, 5.41) is 3.42. The van der Waals surface area contributed by atoms with Crippen LogP contribution in [0.5, 0.6) is 0 Å². The maximum atomic E-state index is 5.39. The van der Waals surface area contributed by atoms with E-state index < -0.39 is 0 Å². The molecular formula is C15H25N5O2. The highest BCUT2D eigenvalue weighted by Crippen LogP contribution is 2.14. The lowest BCUT2D eigenvalue weighted by Crippen LogP contribution is -2.39. The van der Waals surface area contributed by atoms with Gasteiger partial charge < -0.3 is 19.7 Å². The average Bonchev–Trinajstić information content (AvgIpc) is 2.56. The van der Waals surface area contributed by atoms with Crippen LogP contribution in [-0.2, 0) is 9.47 Å². The minimum Gasteiger partial charge on any atom is -0.379 e. The molecule has 22 heavy (non-hydrogen) atoms. The van der Waals surface area contributed by atoms with E-state index in [1.54, 1.807) is 0 Å². The number of aryl methyl sites for hydroxylation is 1. The number of nitrogens with zero attached hydrogens (tertiary/aromatic N) is 4. The highest BCUT2D eigenvalue weighted by molar-refractivity contribution is 5.43. The summed E-state index contributed by atoms with van der Waals surface area (Å²) in [7, 11) is 0. The molecule has 0 amide bonds. The number of anilines is 2. The largest absolute Gasteiger partial charge is 0.379 e. The first-order valence-electron chi connectivity index (χ1n) is 8.03. The molecule has 0 spiro atoms. The fraction of sp³-hybridized carbons (Fsp3) is 0.733. The van der Waals surface area contributed by atoms with Gasteiger partial charge in [0.1, 0.15) is 5.82 Å². The summed E-state index contributed by atoms with van der Waals surface area (Å²) < 4.78 is 10.7. The molecule has 7 nitrogen and oxygen atoms in total. The van der Waals surface area contributed by atoms with Crippen molar-refractivity contribution in [3.05, 3.63) is 11.8 Å². The number of morpholine rings is 2. The van der Waals surface area contributed by atoms with Crippen LogP contribution in [0.1, 0.15) is 5.69 Å². The number of hydrogen-bond acceptors (Lipinski definition) is 7. The van der Waals surface area contributed by atoms with E-state index in [0.29, 0.717) is 0 Å². The average molecular weight is 307 g/mol. The topological polar surface area (TPSA) is 62.8 Å². The van der Waals surface area contributed by atoms with Gasteiger partial charge in [-0.2, -0.15) is 4.98 Å². The predicted octanol–water partition coefficient (Wildman–Crippen LogP) is 0.366. The van der Waals surface area contributed by atoms with Crippen molar-refractivity contribution in [1.82, 2.24) is 14.9 Å². The van der Waals surface area contributed by atoms with E-state index in [1.807, 2.05) is 13.0 Å². The minimum absolute atomic E-state index is 0.747. The van der Waals surface area contributed by atoms with Gasteiger partial charge in [0.2, 0.25) is 5.95 Å². The normalized spacial score (nSPS) is 20.1. The van der Waals surface area contributed by atoms with Gasteiger partial charge in [-0.1, -0.05) is 0 Å². The lowest BCUT2D eigenvalue weighted by Gasteiger charge is -2.28. The zero-order valence-electron chi connectivity index (χ0n) is 13.3. The summed E-state index contributed by atoms with van der Waals surface area (Å²) in [5.41, 5.74) is 0.991. The van der Waals surface area contributed by atoms with Gasteiger partial charge in [0.25, 0.3) is 0 Å². The summed E-state index contributed by atoms with van der Waals surface area (Å²) in [6.07, 6.45) is 0. The van der Waals surface area contributed by atoms with Crippen molar-refractivity contribution < 1.29 is 9.47 Å². The Labute approximate surface area is 131 Å². The van der Waals surface area contributed by atoms with Gasteiger partial charge in [0.15, 0.2) is 0 Å². The number of hydrogen-bond donors (Lipinski definition) is 1. The molecule has 0 unspecified atom stereocenters. The zero-order chi connectivity index (χ0) is 15.2. The standard InChI is InChI=1S/C15H25N5O2/c1-13-12-14(16-2-3-19-4-8-21-9-5-19)18-15(17-13)20-6-10-22-11-7-20/h12H,2-11H2,1H3,(H,16,17,18). The van der Waals surface area contributed by atoms with E-state index >= 15 is 0 Å². The fourth-order valence-corrected chi connectivity index (χ4v) is 2.72. The van der Waals surface area contributed by atoms with Crippen molar-refractivity contribution in [2.24, 2.45) is 0 Å². The molecule has 0 radical (unpaired) electrons. The van der Waals surface area contributed by atoms with Crippen LogP contribution in [0.3, 0.4) is 0 Å². The highest BCUT2D eigenvalue weighted by atomic mass is 16.5. The van der Waals surface area contributed by atoms with Crippen LogP contribution < -0.4 is 10.2 Å². The number of aromatic nitrogens is 2. The molecule has 0 bridgehead atoms. The minimum atomic E-state index is 0.747. The quantitative estimate of drug-likeness (QED) is 0.843. The second-order valence-electron chi connectivity index (χ2n) is 5.67. The molecule has 0 atom stereocenters. The summed E-state index contributed by atoms with van der Waals surface area (Å²) in [6.45, 7) is 10.8. The molecule has 122 valence electrons. The van der Waals surface area contributed by atoms with Crippen LogP contribution in [0.15, 0.2) is 6.07 Å². The number of nitrogens with one attached hydrogen (secondary N) is 1. The Morgan fingerprint density at radius 1 is 1.05 bits per heavy atom. The van der Waals surface area contributed by atoms with Gasteiger partial charge in [-0.05, 0) is 6.92 Å². The van der Waals surface area contributed by atoms with Crippen molar-refractivity contribution in [2.75, 3.05) is 75.9 Å². The Morgan fingerprint density at radius 3 is 2.45 bits per heavy atom. The molecule has 2 fully saturated rings. The lowest BCUT2D eigenvalue weighted by molar-refractivity contribution is 0.0398. The molecule has 1 aromatic rings. The maximum absolute atomic E-state index is 5.39. The molecule has 1 aromatic heterocycles. The third kappa shape index (κ3) is 4.28. The van der Waals surface area contributed by atoms with E-state index in [4.69, 9.17) is 9.47 Å². The molecule has 7 heteroatoms. The maximum Gasteiger partial charge on any atom is 0.227 e. The molecule has 0 aromatic carbocycles. The monoisotopic (exact) mass is 307 g/mol. The number of rotatable bonds is 5. The Bertz CT molecular complexity index is 473. The van der Waals surface area contributed by atoms with Crippen LogP contribution in [0.4, 0.5) is 11.8 Å². The SMILES string of the molecule is Cc1cc(NCCN2CCOCC2)nc(N2CCOCC2)n1. The third-order valence-electron chi connectivity index (χ3n) is 3.97. The Morgan fingerprint density at radius 2 is 1.73 bits per heavy atom. The summed E-state index contributed by atoms with van der Waals surface area (Å²) in [6, 6.07) is 2.00. The predicted molar refractivity (Wildman–Crippen MR) is 85.5 cm³/mol. The molecule has 2 saturated heterocycles. The van der Waals surface area contributed by atoms with Crippen LogP contribution in [0, 0.1) is 6.92 Å². The van der Waals surface area contributed by atoms with Crippen molar-refractivity contribution in [3.63, 3.8) is 0 Å². The van der Waals surface area contributed by atoms with Gasteiger partial charge in [-0.25, -0.2) is 4.98 Å². The summed E-state index contributed by atoms with van der Waals surface area (Å²) in [4.78, 5) is 13.8. The van der Waals surface area contributed by atoms with Crippen molar-refractivity contribution in [1.29, 1.82) is 0 Å². The molecule has 2 aliphatic heterocycles. The second kappa shape index (κ2) is 7.71. The van der Waals surface area contributed by atoms with Crippen molar-refractivity contribution >= 4 is 11.8 Å². The number of ether oxygens (including phenoxy) is 2.